The first-order valence-corrected chi connectivity index (χ1v) is 5.17. The van der Waals surface area contributed by atoms with Gasteiger partial charge in [-0.3, -0.25) is 0 Å². The third kappa shape index (κ3) is 2.80. The fraction of sp³-hybridized carbons (Fsp3) is 0.800. The summed E-state index contributed by atoms with van der Waals surface area (Å²) in [6, 6.07) is 0. The Morgan fingerprint density at radius 3 is 2.57 bits per heavy atom. The van der Waals surface area contributed by atoms with Gasteiger partial charge in [0.15, 0.2) is 0 Å². The molecule has 1 aromatic heterocycles. The highest BCUT2D eigenvalue weighted by Gasteiger charge is 2.16. The van der Waals surface area contributed by atoms with E-state index in [4.69, 9.17) is 10.2 Å². The number of hydrogen-bond donors (Lipinski definition) is 1. The van der Waals surface area contributed by atoms with Crippen LogP contribution in [0.3, 0.4) is 0 Å². The predicted octanol–water partition coefficient (Wildman–Crippen LogP) is 1.72. The zero-order chi connectivity index (χ0) is 10.6. The number of aromatic nitrogens is 2. The van der Waals surface area contributed by atoms with E-state index in [1.54, 1.807) is 0 Å². The van der Waals surface area contributed by atoms with E-state index in [1.165, 1.54) is 0 Å². The zero-order valence-corrected chi connectivity index (χ0v) is 9.16. The summed E-state index contributed by atoms with van der Waals surface area (Å²) in [5.41, 5.74) is 5.40. The Balaban J connectivity index is 2.58. The molecule has 0 aliphatic rings. The standard InChI is InChI=1S/C10H19N3O/c1-7(2)8(3)10-13-12-9(14-10)5-4-6-11/h7-8H,4-6,11H2,1-3H3. The number of rotatable bonds is 5. The fourth-order valence-corrected chi connectivity index (χ4v) is 1.09. The number of nitrogens with two attached hydrogens (primary N) is 1. The molecule has 0 spiro atoms. The Hall–Kier alpha value is -0.900. The maximum Gasteiger partial charge on any atom is 0.219 e. The summed E-state index contributed by atoms with van der Waals surface area (Å²) in [5.74, 6) is 2.30. The van der Waals surface area contributed by atoms with Crippen LogP contribution in [0.5, 0.6) is 0 Å². The minimum Gasteiger partial charge on any atom is -0.425 e. The van der Waals surface area contributed by atoms with Crippen LogP contribution in [0.15, 0.2) is 4.42 Å². The number of nitrogens with zero attached hydrogens (tertiary/aromatic N) is 2. The minimum absolute atomic E-state index is 0.328. The van der Waals surface area contributed by atoms with Crippen molar-refractivity contribution in [3.05, 3.63) is 11.8 Å². The molecule has 1 unspecified atom stereocenters. The van der Waals surface area contributed by atoms with Crippen LogP contribution in [-0.4, -0.2) is 16.7 Å². The van der Waals surface area contributed by atoms with Crippen LogP contribution >= 0.6 is 0 Å². The normalized spacial score (nSPS) is 13.5. The Bertz CT molecular complexity index is 270. The molecule has 0 aliphatic carbocycles. The summed E-state index contributed by atoms with van der Waals surface area (Å²) >= 11 is 0. The monoisotopic (exact) mass is 197 g/mol. The Kier molecular flexibility index (Phi) is 4.07. The first-order chi connectivity index (χ1) is 6.65. The molecule has 14 heavy (non-hydrogen) atoms. The molecular formula is C10H19N3O. The van der Waals surface area contributed by atoms with Crippen LogP contribution in [0.1, 0.15) is 44.9 Å². The van der Waals surface area contributed by atoms with Gasteiger partial charge in [0.1, 0.15) is 0 Å². The highest BCUT2D eigenvalue weighted by Crippen LogP contribution is 2.22. The quantitative estimate of drug-likeness (QED) is 0.780. The fourth-order valence-electron chi connectivity index (χ4n) is 1.09. The molecule has 0 amide bonds. The second-order valence-electron chi connectivity index (χ2n) is 3.96. The molecule has 0 aromatic carbocycles. The molecule has 0 saturated heterocycles. The molecule has 0 radical (unpaired) electrons. The van der Waals surface area contributed by atoms with Gasteiger partial charge in [0.2, 0.25) is 11.8 Å². The summed E-state index contributed by atoms with van der Waals surface area (Å²) in [6.07, 6.45) is 1.69. The third-order valence-corrected chi connectivity index (χ3v) is 2.47. The highest BCUT2D eigenvalue weighted by atomic mass is 16.4. The van der Waals surface area contributed by atoms with Gasteiger partial charge in [0.05, 0.1) is 0 Å². The van der Waals surface area contributed by atoms with Crippen LogP contribution in [-0.2, 0) is 6.42 Å². The lowest BCUT2D eigenvalue weighted by Gasteiger charge is -2.09. The summed E-state index contributed by atoms with van der Waals surface area (Å²) in [5, 5.41) is 8.02. The molecule has 1 rings (SSSR count). The smallest absolute Gasteiger partial charge is 0.219 e. The molecule has 1 atom stereocenters. The van der Waals surface area contributed by atoms with Crippen molar-refractivity contribution in [3.63, 3.8) is 0 Å². The van der Waals surface area contributed by atoms with Gasteiger partial charge in [0.25, 0.3) is 0 Å². The van der Waals surface area contributed by atoms with Gasteiger partial charge in [-0.2, -0.15) is 0 Å². The maximum atomic E-state index is 5.53. The van der Waals surface area contributed by atoms with Crippen molar-refractivity contribution >= 4 is 0 Å². The first kappa shape index (κ1) is 11.2. The molecule has 2 N–H and O–H groups in total. The van der Waals surface area contributed by atoms with Crippen LogP contribution in [0.4, 0.5) is 0 Å². The van der Waals surface area contributed by atoms with Crippen LogP contribution in [0.25, 0.3) is 0 Å². The van der Waals surface area contributed by atoms with E-state index < -0.39 is 0 Å². The van der Waals surface area contributed by atoms with E-state index in [0.29, 0.717) is 24.3 Å². The van der Waals surface area contributed by atoms with Crippen molar-refractivity contribution in [1.82, 2.24) is 10.2 Å². The van der Waals surface area contributed by atoms with E-state index in [9.17, 15) is 0 Å². The van der Waals surface area contributed by atoms with Crippen molar-refractivity contribution in [3.8, 4) is 0 Å². The summed E-state index contributed by atoms with van der Waals surface area (Å²) < 4.78 is 5.53. The van der Waals surface area contributed by atoms with Crippen molar-refractivity contribution in [2.45, 2.75) is 39.5 Å². The lowest BCUT2D eigenvalue weighted by atomic mass is 9.98. The van der Waals surface area contributed by atoms with E-state index in [1.807, 2.05) is 0 Å². The lowest BCUT2D eigenvalue weighted by molar-refractivity contribution is 0.379. The molecular weight excluding hydrogens is 178 g/mol. The van der Waals surface area contributed by atoms with Crippen molar-refractivity contribution in [2.24, 2.45) is 11.7 Å². The number of hydrogen-bond acceptors (Lipinski definition) is 4. The first-order valence-electron chi connectivity index (χ1n) is 5.17. The van der Waals surface area contributed by atoms with Gasteiger partial charge in [-0.15, -0.1) is 10.2 Å². The second-order valence-corrected chi connectivity index (χ2v) is 3.96. The summed E-state index contributed by atoms with van der Waals surface area (Å²) in [6.45, 7) is 7.06. The Morgan fingerprint density at radius 2 is 2.00 bits per heavy atom. The highest BCUT2D eigenvalue weighted by molar-refractivity contribution is 4.90. The third-order valence-electron chi connectivity index (χ3n) is 2.47. The minimum atomic E-state index is 0.328. The van der Waals surface area contributed by atoms with E-state index in [-0.39, 0.29) is 0 Å². The summed E-state index contributed by atoms with van der Waals surface area (Å²) in [4.78, 5) is 0. The summed E-state index contributed by atoms with van der Waals surface area (Å²) in [7, 11) is 0. The van der Waals surface area contributed by atoms with Gasteiger partial charge >= 0.3 is 0 Å². The predicted molar refractivity (Wildman–Crippen MR) is 54.9 cm³/mol. The molecule has 4 nitrogen and oxygen atoms in total. The topological polar surface area (TPSA) is 64.9 Å². The van der Waals surface area contributed by atoms with Crippen molar-refractivity contribution in [1.29, 1.82) is 0 Å². The SMILES string of the molecule is CC(C)C(C)c1nnc(CCCN)o1. The molecule has 0 aliphatic heterocycles. The molecule has 0 fully saturated rings. The molecule has 4 heteroatoms. The molecule has 0 saturated carbocycles. The van der Waals surface area contributed by atoms with Gasteiger partial charge in [-0.05, 0) is 18.9 Å². The Morgan fingerprint density at radius 1 is 1.29 bits per heavy atom. The van der Waals surface area contributed by atoms with E-state index >= 15 is 0 Å². The van der Waals surface area contributed by atoms with Gasteiger partial charge in [-0.25, -0.2) is 0 Å². The molecule has 80 valence electrons. The van der Waals surface area contributed by atoms with Gasteiger partial charge in [0, 0.05) is 12.3 Å². The average molecular weight is 197 g/mol. The van der Waals surface area contributed by atoms with Crippen LogP contribution in [0, 0.1) is 5.92 Å². The van der Waals surface area contributed by atoms with Crippen LogP contribution in [0.2, 0.25) is 0 Å². The van der Waals surface area contributed by atoms with E-state index in [2.05, 4.69) is 31.0 Å². The molecule has 1 heterocycles. The van der Waals surface area contributed by atoms with Crippen LogP contribution < -0.4 is 5.73 Å². The number of aryl methyl sites for hydroxylation is 1. The van der Waals surface area contributed by atoms with E-state index in [0.717, 1.165) is 18.7 Å². The average Bonchev–Trinajstić information content (AvgIpc) is 2.61. The Labute approximate surface area is 84.9 Å². The zero-order valence-electron chi connectivity index (χ0n) is 9.16. The molecule has 0 bridgehead atoms. The van der Waals surface area contributed by atoms with Gasteiger partial charge < -0.3 is 10.2 Å². The molecule has 1 aromatic rings. The largest absolute Gasteiger partial charge is 0.425 e. The lowest BCUT2D eigenvalue weighted by Crippen LogP contribution is -2.02. The maximum absolute atomic E-state index is 5.53. The van der Waals surface area contributed by atoms with Crippen molar-refractivity contribution < 1.29 is 4.42 Å². The second kappa shape index (κ2) is 5.10. The van der Waals surface area contributed by atoms with Gasteiger partial charge in [-0.1, -0.05) is 20.8 Å². The van der Waals surface area contributed by atoms with Crippen molar-refractivity contribution in [2.75, 3.05) is 6.54 Å².